The van der Waals surface area contributed by atoms with E-state index in [0.717, 1.165) is 24.0 Å². The molecule has 0 fully saturated rings. The first-order valence-corrected chi connectivity index (χ1v) is 6.85. The lowest BCUT2D eigenvalue weighted by Crippen LogP contribution is -2.31. The zero-order chi connectivity index (χ0) is 15.4. The van der Waals surface area contributed by atoms with Gasteiger partial charge >= 0.3 is 5.97 Å². The van der Waals surface area contributed by atoms with Crippen molar-refractivity contribution >= 4 is 5.97 Å². The molecule has 1 N–H and O–H groups in total. The number of aliphatic carboxylic acids is 1. The van der Waals surface area contributed by atoms with Crippen molar-refractivity contribution in [2.75, 3.05) is 41.0 Å². The Kier molecular flexibility index (Phi) is 4.90. The van der Waals surface area contributed by atoms with Gasteiger partial charge in [0.25, 0.3) is 0 Å². The predicted octanol–water partition coefficient (Wildman–Crippen LogP) is 1.20. The van der Waals surface area contributed by atoms with Crippen LogP contribution in [0.2, 0.25) is 0 Å². The van der Waals surface area contributed by atoms with Crippen molar-refractivity contribution < 1.29 is 24.1 Å². The van der Waals surface area contributed by atoms with Gasteiger partial charge in [0.1, 0.15) is 0 Å². The Morgan fingerprint density at radius 3 is 2.38 bits per heavy atom. The van der Waals surface area contributed by atoms with E-state index in [1.807, 2.05) is 11.0 Å². The first-order valence-electron chi connectivity index (χ1n) is 6.85. The van der Waals surface area contributed by atoms with Crippen LogP contribution in [0.4, 0.5) is 0 Å². The smallest absolute Gasteiger partial charge is 0.317 e. The monoisotopic (exact) mass is 295 g/mol. The van der Waals surface area contributed by atoms with Gasteiger partial charge in [-0.3, -0.25) is 9.69 Å². The summed E-state index contributed by atoms with van der Waals surface area (Å²) in [7, 11) is 4.79. The molecule has 0 aliphatic carbocycles. The van der Waals surface area contributed by atoms with E-state index >= 15 is 0 Å². The minimum Gasteiger partial charge on any atom is -0.493 e. The van der Waals surface area contributed by atoms with E-state index in [2.05, 4.69) is 0 Å². The number of carboxylic acids is 1. The SMILES string of the molecule is COc1cc2c(c(OC)c1OC)CCN(CC(=O)O)CC2. The van der Waals surface area contributed by atoms with Gasteiger partial charge in [-0.25, -0.2) is 0 Å². The number of methoxy groups -OCH3 is 3. The highest BCUT2D eigenvalue weighted by Gasteiger charge is 2.24. The molecule has 1 aliphatic heterocycles. The topological polar surface area (TPSA) is 68.2 Å². The summed E-state index contributed by atoms with van der Waals surface area (Å²) in [5.74, 6) is 1.11. The van der Waals surface area contributed by atoms with Gasteiger partial charge in [-0.1, -0.05) is 0 Å². The number of carboxylic acid groups (broad SMARTS) is 1. The van der Waals surface area contributed by atoms with Gasteiger partial charge in [0.05, 0.1) is 27.9 Å². The molecule has 116 valence electrons. The third-order valence-electron chi connectivity index (χ3n) is 3.76. The van der Waals surface area contributed by atoms with Crippen LogP contribution >= 0.6 is 0 Å². The number of nitrogens with zero attached hydrogens (tertiary/aromatic N) is 1. The van der Waals surface area contributed by atoms with E-state index in [1.54, 1.807) is 21.3 Å². The average Bonchev–Trinajstić information content (AvgIpc) is 2.67. The van der Waals surface area contributed by atoms with E-state index in [-0.39, 0.29) is 6.54 Å². The van der Waals surface area contributed by atoms with E-state index < -0.39 is 5.97 Å². The summed E-state index contributed by atoms with van der Waals surface area (Å²) in [6.45, 7) is 1.45. The highest BCUT2D eigenvalue weighted by Crippen LogP contribution is 2.43. The average molecular weight is 295 g/mol. The molecule has 6 nitrogen and oxygen atoms in total. The van der Waals surface area contributed by atoms with Gasteiger partial charge in [0, 0.05) is 18.7 Å². The second-order valence-electron chi connectivity index (χ2n) is 4.95. The van der Waals surface area contributed by atoms with Gasteiger partial charge in [-0.2, -0.15) is 0 Å². The highest BCUT2D eigenvalue weighted by atomic mass is 16.5. The Bertz CT molecular complexity index is 529. The van der Waals surface area contributed by atoms with Gasteiger partial charge in [0.15, 0.2) is 11.5 Å². The predicted molar refractivity (Wildman–Crippen MR) is 77.6 cm³/mol. The van der Waals surface area contributed by atoms with Crippen molar-refractivity contribution in [2.45, 2.75) is 12.8 Å². The summed E-state index contributed by atoms with van der Waals surface area (Å²) in [6, 6.07) is 1.96. The molecule has 0 saturated heterocycles. The first kappa shape index (κ1) is 15.4. The Morgan fingerprint density at radius 1 is 1.14 bits per heavy atom. The third kappa shape index (κ3) is 3.21. The molecule has 0 bridgehead atoms. The fourth-order valence-corrected chi connectivity index (χ4v) is 2.77. The van der Waals surface area contributed by atoms with Crippen molar-refractivity contribution in [3.05, 3.63) is 17.2 Å². The molecule has 0 saturated carbocycles. The minimum atomic E-state index is -0.803. The van der Waals surface area contributed by atoms with Gasteiger partial charge < -0.3 is 19.3 Å². The maximum Gasteiger partial charge on any atom is 0.317 e. The Morgan fingerprint density at radius 2 is 1.81 bits per heavy atom. The molecule has 1 heterocycles. The number of fused-ring (bicyclic) bond motifs is 1. The minimum absolute atomic E-state index is 0.0601. The molecular weight excluding hydrogens is 274 g/mol. The number of rotatable bonds is 5. The molecule has 6 heteroatoms. The summed E-state index contributed by atoms with van der Waals surface area (Å²) in [4.78, 5) is 12.8. The van der Waals surface area contributed by atoms with Gasteiger partial charge in [-0.05, 0) is 24.5 Å². The lowest BCUT2D eigenvalue weighted by molar-refractivity contribution is -0.138. The van der Waals surface area contributed by atoms with E-state index in [1.165, 1.54) is 0 Å². The number of benzene rings is 1. The molecule has 0 spiro atoms. The maximum absolute atomic E-state index is 10.9. The fraction of sp³-hybridized carbons (Fsp3) is 0.533. The van der Waals surface area contributed by atoms with Crippen LogP contribution < -0.4 is 14.2 Å². The zero-order valence-electron chi connectivity index (χ0n) is 12.6. The standard InChI is InChI=1S/C15H21NO5/c1-19-12-8-10-4-6-16(9-13(17)18)7-5-11(10)14(20-2)15(12)21-3/h8H,4-7,9H2,1-3H3,(H,17,18). The Balaban J connectivity index is 2.36. The molecule has 0 aromatic heterocycles. The number of hydrogen-bond acceptors (Lipinski definition) is 5. The van der Waals surface area contributed by atoms with Crippen molar-refractivity contribution in [1.82, 2.24) is 4.90 Å². The van der Waals surface area contributed by atoms with Crippen LogP contribution in [0.5, 0.6) is 17.2 Å². The van der Waals surface area contributed by atoms with E-state index in [4.69, 9.17) is 19.3 Å². The highest BCUT2D eigenvalue weighted by molar-refractivity contribution is 5.69. The van der Waals surface area contributed by atoms with Crippen molar-refractivity contribution in [2.24, 2.45) is 0 Å². The second kappa shape index (κ2) is 6.67. The molecule has 1 aliphatic rings. The molecule has 0 unspecified atom stereocenters. The van der Waals surface area contributed by atoms with E-state index in [9.17, 15) is 4.79 Å². The zero-order valence-corrected chi connectivity index (χ0v) is 12.6. The molecule has 0 atom stereocenters. The van der Waals surface area contributed by atoms with Crippen LogP contribution in [-0.2, 0) is 17.6 Å². The summed E-state index contributed by atoms with van der Waals surface area (Å²) in [6.07, 6.45) is 1.49. The third-order valence-corrected chi connectivity index (χ3v) is 3.76. The van der Waals surface area contributed by atoms with Crippen molar-refractivity contribution in [1.29, 1.82) is 0 Å². The molecule has 0 amide bonds. The lowest BCUT2D eigenvalue weighted by atomic mass is 10.0. The van der Waals surface area contributed by atoms with E-state index in [0.29, 0.717) is 30.3 Å². The summed E-state index contributed by atoms with van der Waals surface area (Å²) >= 11 is 0. The van der Waals surface area contributed by atoms with Crippen LogP contribution in [0, 0.1) is 0 Å². The molecule has 1 aromatic carbocycles. The molecule has 21 heavy (non-hydrogen) atoms. The quantitative estimate of drug-likeness (QED) is 0.880. The van der Waals surface area contributed by atoms with Crippen LogP contribution in [0.15, 0.2) is 6.07 Å². The fourth-order valence-electron chi connectivity index (χ4n) is 2.77. The van der Waals surface area contributed by atoms with Crippen molar-refractivity contribution in [3.8, 4) is 17.2 Å². The molecule has 0 radical (unpaired) electrons. The largest absolute Gasteiger partial charge is 0.493 e. The van der Waals surface area contributed by atoms with Crippen LogP contribution in [0.25, 0.3) is 0 Å². The number of hydrogen-bond donors (Lipinski definition) is 1. The Hall–Kier alpha value is -1.95. The lowest BCUT2D eigenvalue weighted by Gasteiger charge is -2.18. The molecular formula is C15H21NO5. The van der Waals surface area contributed by atoms with Crippen LogP contribution in [0.3, 0.4) is 0 Å². The summed E-state index contributed by atoms with van der Waals surface area (Å²) in [5.41, 5.74) is 2.19. The second-order valence-corrected chi connectivity index (χ2v) is 4.95. The molecule has 2 rings (SSSR count). The normalized spacial score (nSPS) is 15.0. The maximum atomic E-state index is 10.9. The van der Waals surface area contributed by atoms with Crippen LogP contribution in [-0.4, -0.2) is 56.9 Å². The number of carbonyl (C=O) groups is 1. The van der Waals surface area contributed by atoms with Crippen LogP contribution in [0.1, 0.15) is 11.1 Å². The van der Waals surface area contributed by atoms with Gasteiger partial charge in [-0.15, -0.1) is 0 Å². The van der Waals surface area contributed by atoms with Gasteiger partial charge in [0.2, 0.25) is 5.75 Å². The summed E-state index contributed by atoms with van der Waals surface area (Å²) in [5, 5.41) is 8.93. The van der Waals surface area contributed by atoms with Crippen molar-refractivity contribution in [3.63, 3.8) is 0 Å². The number of ether oxygens (including phenoxy) is 3. The Labute approximate surface area is 124 Å². The summed E-state index contributed by atoms with van der Waals surface area (Å²) < 4.78 is 16.3. The first-order chi connectivity index (χ1) is 10.1. The molecule has 1 aromatic rings.